The first-order valence-corrected chi connectivity index (χ1v) is 8.97. The highest BCUT2D eigenvalue weighted by Gasteiger charge is 2.24. The van der Waals surface area contributed by atoms with Gasteiger partial charge in [0, 0.05) is 25.1 Å². The Morgan fingerprint density at radius 1 is 1.31 bits per heavy atom. The van der Waals surface area contributed by atoms with Crippen LogP contribution in [0.5, 0.6) is 0 Å². The van der Waals surface area contributed by atoms with Crippen molar-refractivity contribution in [2.75, 3.05) is 7.05 Å². The molecule has 1 amide bonds. The first-order chi connectivity index (χ1) is 12.2. The van der Waals surface area contributed by atoms with Gasteiger partial charge in [0.1, 0.15) is 16.6 Å². The Kier molecular flexibility index (Phi) is 4.90. The van der Waals surface area contributed by atoms with E-state index in [0.717, 1.165) is 28.3 Å². The molecule has 8 nitrogen and oxygen atoms in total. The predicted molar refractivity (Wildman–Crippen MR) is 97.9 cm³/mol. The van der Waals surface area contributed by atoms with Crippen LogP contribution in [0.4, 0.5) is 4.79 Å². The molecule has 0 N–H and O–H groups in total. The van der Waals surface area contributed by atoms with Crippen LogP contribution in [0.1, 0.15) is 33.5 Å². The van der Waals surface area contributed by atoms with Gasteiger partial charge in [0.05, 0.1) is 11.7 Å². The van der Waals surface area contributed by atoms with E-state index in [1.54, 1.807) is 7.05 Å². The normalized spacial score (nSPS) is 13.0. The molecule has 0 radical (unpaired) electrons. The second-order valence-corrected chi connectivity index (χ2v) is 7.66. The number of rotatable bonds is 4. The number of hydrogen-bond acceptors (Lipinski definition) is 8. The van der Waals surface area contributed by atoms with Gasteiger partial charge in [-0.3, -0.25) is 0 Å². The van der Waals surface area contributed by atoms with E-state index in [9.17, 15) is 4.79 Å². The third-order valence-electron chi connectivity index (χ3n) is 3.79. The van der Waals surface area contributed by atoms with Gasteiger partial charge in [-0.1, -0.05) is 5.16 Å². The van der Waals surface area contributed by atoms with E-state index >= 15 is 0 Å². The molecule has 26 heavy (non-hydrogen) atoms. The summed E-state index contributed by atoms with van der Waals surface area (Å²) in [6.45, 7) is 7.42. The van der Waals surface area contributed by atoms with Crippen molar-refractivity contribution < 1.29 is 14.1 Å². The summed E-state index contributed by atoms with van der Waals surface area (Å²) >= 11 is 1.16. The molecular formula is C17H21N5O3S. The molecule has 0 fully saturated rings. The van der Waals surface area contributed by atoms with E-state index in [-0.39, 0.29) is 12.1 Å². The van der Waals surface area contributed by atoms with Crippen LogP contribution in [-0.4, -0.2) is 48.6 Å². The van der Waals surface area contributed by atoms with Gasteiger partial charge in [-0.05, 0) is 45.9 Å². The van der Waals surface area contributed by atoms with Crippen molar-refractivity contribution in [2.45, 2.75) is 45.8 Å². The monoisotopic (exact) mass is 375 g/mol. The first kappa shape index (κ1) is 18.2. The van der Waals surface area contributed by atoms with Crippen LogP contribution < -0.4 is 0 Å². The zero-order chi connectivity index (χ0) is 18.9. The molecular weight excluding hydrogens is 354 g/mol. The van der Waals surface area contributed by atoms with Crippen LogP contribution in [-0.2, 0) is 11.2 Å². The Hall–Kier alpha value is -2.55. The number of hydrogen-bond donors (Lipinski definition) is 0. The molecule has 3 aromatic rings. The maximum Gasteiger partial charge on any atom is 0.410 e. The molecule has 0 aliphatic heterocycles. The number of carbonyl (C=O) groups excluding carboxylic acids is 1. The lowest BCUT2D eigenvalue weighted by molar-refractivity contribution is 0.0234. The second-order valence-electron chi connectivity index (χ2n) is 7.13. The molecule has 1 aromatic carbocycles. The minimum Gasteiger partial charge on any atom is -0.444 e. The number of fused-ring (bicyclic) bond motifs is 1. The molecule has 0 bridgehead atoms. The highest BCUT2D eigenvalue weighted by atomic mass is 32.1. The van der Waals surface area contributed by atoms with Crippen LogP contribution in [0.3, 0.4) is 0 Å². The maximum atomic E-state index is 12.1. The van der Waals surface area contributed by atoms with Crippen LogP contribution in [0.2, 0.25) is 0 Å². The number of ether oxygens (including phenoxy) is 1. The summed E-state index contributed by atoms with van der Waals surface area (Å²) in [5.41, 5.74) is 1.89. The van der Waals surface area contributed by atoms with E-state index in [1.165, 1.54) is 4.90 Å². The summed E-state index contributed by atoms with van der Waals surface area (Å²) in [6.07, 6.45) is 0.0786. The number of benzene rings is 1. The van der Waals surface area contributed by atoms with E-state index in [1.807, 2.05) is 45.9 Å². The molecule has 0 aliphatic rings. The molecule has 3 rings (SSSR count). The van der Waals surface area contributed by atoms with E-state index in [4.69, 9.17) is 9.26 Å². The SMILES string of the molecule is C[C@H](Cc1noc(-c2ccc3nsnc3c2)n1)N(C)C(=O)OC(C)(C)C. The summed E-state index contributed by atoms with van der Waals surface area (Å²) in [5.74, 6) is 0.946. The second kappa shape index (κ2) is 6.99. The summed E-state index contributed by atoms with van der Waals surface area (Å²) in [5, 5.41) is 4.02. The maximum absolute atomic E-state index is 12.1. The van der Waals surface area contributed by atoms with Gasteiger partial charge >= 0.3 is 6.09 Å². The Morgan fingerprint density at radius 2 is 2.04 bits per heavy atom. The molecule has 2 heterocycles. The quantitative estimate of drug-likeness (QED) is 0.688. The van der Waals surface area contributed by atoms with Crippen LogP contribution in [0.25, 0.3) is 22.5 Å². The fourth-order valence-electron chi connectivity index (χ4n) is 2.28. The lowest BCUT2D eigenvalue weighted by atomic mass is 10.2. The smallest absolute Gasteiger partial charge is 0.410 e. The zero-order valence-corrected chi connectivity index (χ0v) is 16.2. The Bertz CT molecular complexity index is 914. The molecule has 2 aromatic heterocycles. The highest BCUT2D eigenvalue weighted by molar-refractivity contribution is 7.00. The number of aromatic nitrogens is 4. The molecule has 138 valence electrons. The summed E-state index contributed by atoms with van der Waals surface area (Å²) in [6, 6.07) is 5.47. The molecule has 0 saturated carbocycles. The van der Waals surface area contributed by atoms with E-state index < -0.39 is 5.60 Å². The van der Waals surface area contributed by atoms with Crippen LogP contribution in [0, 0.1) is 0 Å². The minimum atomic E-state index is -0.534. The average molecular weight is 375 g/mol. The van der Waals surface area contributed by atoms with Crippen LogP contribution >= 0.6 is 11.7 Å². The molecule has 1 atom stereocenters. The van der Waals surface area contributed by atoms with E-state index in [2.05, 4.69) is 18.9 Å². The van der Waals surface area contributed by atoms with Crippen molar-refractivity contribution in [1.82, 2.24) is 23.8 Å². The first-order valence-electron chi connectivity index (χ1n) is 8.24. The number of nitrogens with zero attached hydrogens (tertiary/aromatic N) is 5. The van der Waals surface area contributed by atoms with Crippen molar-refractivity contribution in [3.05, 3.63) is 24.0 Å². The van der Waals surface area contributed by atoms with Gasteiger partial charge in [-0.2, -0.15) is 13.7 Å². The largest absolute Gasteiger partial charge is 0.444 e. The van der Waals surface area contributed by atoms with Crippen LogP contribution in [0.15, 0.2) is 22.7 Å². The minimum absolute atomic E-state index is 0.138. The lowest BCUT2D eigenvalue weighted by Gasteiger charge is -2.28. The van der Waals surface area contributed by atoms with Crippen molar-refractivity contribution >= 4 is 28.9 Å². The van der Waals surface area contributed by atoms with Gasteiger partial charge in [-0.25, -0.2) is 4.79 Å². The fourth-order valence-corrected chi connectivity index (χ4v) is 2.80. The van der Waals surface area contributed by atoms with Crippen molar-refractivity contribution in [3.8, 4) is 11.5 Å². The molecule has 9 heteroatoms. The Morgan fingerprint density at radius 3 is 2.77 bits per heavy atom. The lowest BCUT2D eigenvalue weighted by Crippen LogP contribution is -2.40. The summed E-state index contributed by atoms with van der Waals surface area (Å²) in [4.78, 5) is 18.1. The average Bonchev–Trinajstić information content (AvgIpc) is 3.20. The standard InChI is InChI=1S/C17H21N5O3S/c1-10(22(5)16(23)24-17(2,3)4)8-14-18-15(25-19-14)11-6-7-12-13(9-11)21-26-20-12/h6-7,9-10H,8H2,1-5H3/t10-/m1/s1. The van der Waals surface area contributed by atoms with Gasteiger partial charge in [0.15, 0.2) is 5.82 Å². The van der Waals surface area contributed by atoms with Gasteiger partial charge in [0.25, 0.3) is 5.89 Å². The number of carbonyl (C=O) groups is 1. The predicted octanol–water partition coefficient (Wildman–Crippen LogP) is 3.54. The van der Waals surface area contributed by atoms with Crippen molar-refractivity contribution in [3.63, 3.8) is 0 Å². The third-order valence-corrected chi connectivity index (χ3v) is 4.35. The van der Waals surface area contributed by atoms with Gasteiger partial charge in [0.2, 0.25) is 0 Å². The topological polar surface area (TPSA) is 94.2 Å². The summed E-state index contributed by atoms with van der Waals surface area (Å²) in [7, 11) is 1.70. The van der Waals surface area contributed by atoms with Crippen molar-refractivity contribution in [1.29, 1.82) is 0 Å². The van der Waals surface area contributed by atoms with Gasteiger partial charge in [-0.15, -0.1) is 0 Å². The third kappa shape index (κ3) is 4.16. The Labute approximate surface area is 155 Å². The highest BCUT2D eigenvalue weighted by Crippen LogP contribution is 2.22. The molecule has 0 saturated heterocycles. The number of amides is 1. The molecule has 0 unspecified atom stereocenters. The zero-order valence-electron chi connectivity index (χ0n) is 15.4. The number of likely N-dealkylation sites (N-methyl/N-ethyl adjacent to an activating group) is 1. The van der Waals surface area contributed by atoms with Gasteiger partial charge < -0.3 is 14.2 Å². The van der Waals surface area contributed by atoms with E-state index in [0.29, 0.717) is 18.1 Å². The Balaban J connectivity index is 1.68. The fraction of sp³-hybridized carbons (Fsp3) is 0.471. The van der Waals surface area contributed by atoms with Crippen molar-refractivity contribution in [2.24, 2.45) is 0 Å². The molecule has 0 aliphatic carbocycles. The summed E-state index contributed by atoms with van der Waals surface area (Å²) < 4.78 is 19.1. The molecule has 0 spiro atoms.